The molecule has 4 atom stereocenters. The van der Waals surface area contributed by atoms with Crippen LogP contribution in [0.4, 0.5) is 5.69 Å². The van der Waals surface area contributed by atoms with Crippen LogP contribution in [0.25, 0.3) is 0 Å². The molecular formula is C26H28N2O7. The van der Waals surface area contributed by atoms with Gasteiger partial charge in [0.2, 0.25) is 12.7 Å². The fourth-order valence-electron chi connectivity index (χ4n) is 5.07. The molecule has 1 saturated carbocycles. The molecule has 3 heterocycles. The van der Waals surface area contributed by atoms with Crippen molar-refractivity contribution in [1.29, 1.82) is 0 Å². The van der Waals surface area contributed by atoms with Gasteiger partial charge < -0.3 is 34.7 Å². The Labute approximate surface area is 202 Å². The van der Waals surface area contributed by atoms with Crippen molar-refractivity contribution in [2.45, 2.75) is 49.9 Å². The quantitative estimate of drug-likeness (QED) is 0.558. The van der Waals surface area contributed by atoms with E-state index in [4.69, 9.17) is 18.9 Å². The highest BCUT2D eigenvalue weighted by atomic mass is 16.7. The second kappa shape index (κ2) is 9.05. The Hall–Kier alpha value is -3.30. The molecule has 0 spiro atoms. The second-order valence-corrected chi connectivity index (χ2v) is 9.63. The van der Waals surface area contributed by atoms with Crippen molar-refractivity contribution in [3.8, 4) is 17.2 Å². The van der Waals surface area contributed by atoms with E-state index in [1.165, 1.54) is 12.8 Å². The number of hydrogen-bond acceptors (Lipinski definition) is 7. The van der Waals surface area contributed by atoms with E-state index in [1.54, 1.807) is 24.3 Å². The van der Waals surface area contributed by atoms with Gasteiger partial charge in [0.05, 0.1) is 19.1 Å². The molecule has 0 unspecified atom stereocenters. The predicted molar refractivity (Wildman–Crippen MR) is 125 cm³/mol. The lowest BCUT2D eigenvalue weighted by atomic mass is 9.84. The SMILES string of the molecule is O=C(C[C@@H]1C[C@@H]2c3cc(NC(=O)c4ccc5c(c4)OCO5)ccc3O[C@@H]2[C@@H](CO)O1)NCC1CC1. The van der Waals surface area contributed by atoms with E-state index in [0.29, 0.717) is 40.8 Å². The van der Waals surface area contributed by atoms with Gasteiger partial charge in [0.15, 0.2) is 11.5 Å². The van der Waals surface area contributed by atoms with Crippen molar-refractivity contribution < 1.29 is 33.6 Å². The van der Waals surface area contributed by atoms with Gasteiger partial charge in [-0.25, -0.2) is 0 Å². The summed E-state index contributed by atoms with van der Waals surface area (Å²) in [5.74, 6) is 2.16. The van der Waals surface area contributed by atoms with Crippen molar-refractivity contribution in [1.82, 2.24) is 5.32 Å². The molecule has 4 aliphatic rings. The molecule has 35 heavy (non-hydrogen) atoms. The van der Waals surface area contributed by atoms with Crippen molar-refractivity contribution >= 4 is 17.5 Å². The van der Waals surface area contributed by atoms with Crippen LogP contribution in [0, 0.1) is 5.92 Å². The summed E-state index contributed by atoms with van der Waals surface area (Å²) in [5, 5.41) is 15.9. The molecular weight excluding hydrogens is 452 g/mol. The average Bonchev–Trinajstić information content (AvgIpc) is 3.45. The lowest BCUT2D eigenvalue weighted by Gasteiger charge is -2.37. The highest BCUT2D eigenvalue weighted by molar-refractivity contribution is 6.04. The van der Waals surface area contributed by atoms with Crippen molar-refractivity contribution in [2.75, 3.05) is 25.3 Å². The Morgan fingerprint density at radius 3 is 2.69 bits per heavy atom. The summed E-state index contributed by atoms with van der Waals surface area (Å²) in [6, 6.07) is 10.6. The van der Waals surface area contributed by atoms with E-state index in [9.17, 15) is 14.7 Å². The summed E-state index contributed by atoms with van der Waals surface area (Å²) in [5.41, 5.74) is 2.05. The average molecular weight is 481 g/mol. The highest BCUT2D eigenvalue weighted by Gasteiger charge is 2.46. The molecule has 3 aliphatic heterocycles. The predicted octanol–water partition coefficient (Wildman–Crippen LogP) is 2.58. The largest absolute Gasteiger partial charge is 0.487 e. The lowest BCUT2D eigenvalue weighted by Crippen LogP contribution is -2.47. The third-order valence-corrected chi connectivity index (χ3v) is 7.09. The highest BCUT2D eigenvalue weighted by Crippen LogP contribution is 2.47. The number of fused-ring (bicyclic) bond motifs is 4. The molecule has 184 valence electrons. The van der Waals surface area contributed by atoms with Gasteiger partial charge in [-0.1, -0.05) is 0 Å². The maximum absolute atomic E-state index is 12.8. The van der Waals surface area contributed by atoms with Crippen LogP contribution in [-0.2, 0) is 9.53 Å². The van der Waals surface area contributed by atoms with E-state index in [0.717, 1.165) is 12.1 Å². The molecule has 0 bridgehead atoms. The fraction of sp³-hybridized carbons (Fsp3) is 0.462. The minimum atomic E-state index is -0.519. The number of aliphatic hydroxyl groups excluding tert-OH is 1. The van der Waals surface area contributed by atoms with Crippen molar-refractivity contribution in [3.05, 3.63) is 47.5 Å². The topological polar surface area (TPSA) is 115 Å². The van der Waals surface area contributed by atoms with Gasteiger partial charge in [-0.15, -0.1) is 0 Å². The maximum atomic E-state index is 12.8. The molecule has 0 aromatic heterocycles. The standard InChI is InChI=1S/C26H28N2O7/c29-12-23-25-19(9-17(34-23)10-24(30)27-11-14-1-2-14)18-8-16(4-6-20(18)35-25)28-26(31)15-3-5-21-22(7-15)33-13-32-21/h3-8,14,17,19,23,25,29H,1-2,9-13H2,(H,27,30)(H,28,31)/t17-,19+,23+,25-/m0/s1. The van der Waals surface area contributed by atoms with E-state index >= 15 is 0 Å². The summed E-state index contributed by atoms with van der Waals surface area (Å²) in [6.07, 6.45) is 2.05. The number of ether oxygens (including phenoxy) is 4. The number of nitrogens with one attached hydrogen (secondary N) is 2. The number of amides is 2. The van der Waals surface area contributed by atoms with Crippen LogP contribution in [0.2, 0.25) is 0 Å². The Morgan fingerprint density at radius 2 is 1.86 bits per heavy atom. The zero-order chi connectivity index (χ0) is 23.9. The number of anilines is 1. The number of benzene rings is 2. The first-order valence-electron chi connectivity index (χ1n) is 12.1. The lowest BCUT2D eigenvalue weighted by molar-refractivity contribution is -0.142. The van der Waals surface area contributed by atoms with E-state index in [1.807, 2.05) is 12.1 Å². The molecule has 6 rings (SSSR count). The van der Waals surface area contributed by atoms with Gasteiger partial charge in [-0.05, 0) is 61.6 Å². The number of hydrogen-bond donors (Lipinski definition) is 3. The smallest absolute Gasteiger partial charge is 0.255 e. The van der Waals surface area contributed by atoms with Crippen LogP contribution in [0.5, 0.6) is 17.2 Å². The van der Waals surface area contributed by atoms with Gasteiger partial charge in [0, 0.05) is 29.3 Å². The van der Waals surface area contributed by atoms with Gasteiger partial charge in [0.1, 0.15) is 18.0 Å². The normalized spacial score (nSPS) is 25.9. The molecule has 2 fully saturated rings. The first-order valence-corrected chi connectivity index (χ1v) is 12.1. The number of carbonyl (C=O) groups is 2. The number of carbonyl (C=O) groups excluding carboxylic acids is 2. The zero-order valence-electron chi connectivity index (χ0n) is 19.2. The van der Waals surface area contributed by atoms with Crippen LogP contribution in [-0.4, -0.2) is 55.2 Å². The molecule has 2 amide bonds. The van der Waals surface area contributed by atoms with Gasteiger partial charge >= 0.3 is 0 Å². The van der Waals surface area contributed by atoms with E-state index < -0.39 is 6.10 Å². The fourth-order valence-corrected chi connectivity index (χ4v) is 5.07. The van der Waals surface area contributed by atoms with Crippen LogP contribution in [0.1, 0.15) is 47.5 Å². The van der Waals surface area contributed by atoms with Crippen LogP contribution in [0.15, 0.2) is 36.4 Å². The molecule has 0 radical (unpaired) electrons. The summed E-state index contributed by atoms with van der Waals surface area (Å²) < 4.78 is 22.8. The summed E-state index contributed by atoms with van der Waals surface area (Å²) >= 11 is 0. The Morgan fingerprint density at radius 1 is 1.03 bits per heavy atom. The van der Waals surface area contributed by atoms with Crippen LogP contribution < -0.4 is 24.8 Å². The molecule has 2 aromatic carbocycles. The molecule has 3 N–H and O–H groups in total. The van der Waals surface area contributed by atoms with Crippen molar-refractivity contribution in [2.24, 2.45) is 5.92 Å². The summed E-state index contributed by atoms with van der Waals surface area (Å²) in [4.78, 5) is 25.3. The summed E-state index contributed by atoms with van der Waals surface area (Å²) in [7, 11) is 0. The number of rotatable bonds is 7. The zero-order valence-corrected chi connectivity index (χ0v) is 19.2. The minimum absolute atomic E-state index is 0.0269. The Bertz CT molecular complexity index is 1150. The van der Waals surface area contributed by atoms with Gasteiger partial charge in [-0.2, -0.15) is 0 Å². The molecule has 1 aliphatic carbocycles. The first-order chi connectivity index (χ1) is 17.1. The third-order valence-electron chi connectivity index (χ3n) is 7.09. The monoisotopic (exact) mass is 480 g/mol. The Kier molecular flexibility index (Phi) is 5.74. The van der Waals surface area contributed by atoms with Gasteiger partial charge in [-0.3, -0.25) is 9.59 Å². The van der Waals surface area contributed by atoms with Gasteiger partial charge in [0.25, 0.3) is 5.91 Å². The third kappa shape index (κ3) is 4.53. The molecule has 1 saturated heterocycles. The second-order valence-electron chi connectivity index (χ2n) is 9.63. The van der Waals surface area contributed by atoms with E-state index in [2.05, 4.69) is 10.6 Å². The number of aliphatic hydroxyl groups is 1. The summed E-state index contributed by atoms with van der Waals surface area (Å²) in [6.45, 7) is 0.679. The first kappa shape index (κ1) is 22.2. The minimum Gasteiger partial charge on any atom is -0.487 e. The van der Waals surface area contributed by atoms with E-state index in [-0.39, 0.29) is 49.8 Å². The molecule has 9 heteroatoms. The maximum Gasteiger partial charge on any atom is 0.255 e. The van der Waals surface area contributed by atoms with Crippen LogP contribution >= 0.6 is 0 Å². The van der Waals surface area contributed by atoms with Crippen molar-refractivity contribution in [3.63, 3.8) is 0 Å². The Balaban J connectivity index is 1.16. The molecule has 9 nitrogen and oxygen atoms in total. The molecule has 2 aromatic rings. The van der Waals surface area contributed by atoms with Crippen LogP contribution in [0.3, 0.4) is 0 Å².